The van der Waals surface area contributed by atoms with Gasteiger partial charge in [-0.05, 0) is 43.5 Å². The number of amides is 1. The van der Waals surface area contributed by atoms with Gasteiger partial charge in [0.15, 0.2) is 0 Å². The van der Waals surface area contributed by atoms with Crippen molar-refractivity contribution in [3.05, 3.63) is 24.3 Å². The standard InChI is InChI=1S/C17H27NO3/c1-4-12-18(13-5-2)17(19)7-6-14-21-16-10-8-15(20-3)9-11-16/h8-11H,4-7,12-14H2,1-3H3. The van der Waals surface area contributed by atoms with Crippen LogP contribution in [-0.4, -0.2) is 37.6 Å². The Morgan fingerprint density at radius 1 is 1.05 bits per heavy atom. The SMILES string of the molecule is CCCN(CCC)C(=O)CCCOc1ccc(OC)cc1. The average Bonchev–Trinajstić information content (AvgIpc) is 2.51. The van der Waals surface area contributed by atoms with Gasteiger partial charge >= 0.3 is 0 Å². The van der Waals surface area contributed by atoms with Crippen molar-refractivity contribution in [3.8, 4) is 11.5 Å². The van der Waals surface area contributed by atoms with Crippen LogP contribution in [0.1, 0.15) is 39.5 Å². The fourth-order valence-corrected chi connectivity index (χ4v) is 2.14. The highest BCUT2D eigenvalue weighted by atomic mass is 16.5. The Hall–Kier alpha value is -1.71. The molecule has 0 aliphatic rings. The molecule has 4 nitrogen and oxygen atoms in total. The lowest BCUT2D eigenvalue weighted by molar-refractivity contribution is -0.131. The van der Waals surface area contributed by atoms with Crippen molar-refractivity contribution in [1.29, 1.82) is 0 Å². The topological polar surface area (TPSA) is 38.8 Å². The molecule has 21 heavy (non-hydrogen) atoms. The lowest BCUT2D eigenvalue weighted by atomic mass is 10.2. The first-order valence-corrected chi connectivity index (χ1v) is 7.75. The number of ether oxygens (including phenoxy) is 2. The minimum absolute atomic E-state index is 0.233. The molecule has 0 N–H and O–H groups in total. The van der Waals surface area contributed by atoms with Crippen molar-refractivity contribution in [2.75, 3.05) is 26.8 Å². The van der Waals surface area contributed by atoms with E-state index in [1.165, 1.54) is 0 Å². The van der Waals surface area contributed by atoms with E-state index in [0.717, 1.165) is 43.9 Å². The Morgan fingerprint density at radius 2 is 1.62 bits per heavy atom. The molecular formula is C17H27NO3. The molecule has 0 radical (unpaired) electrons. The Bertz CT molecular complexity index is 397. The number of hydrogen-bond acceptors (Lipinski definition) is 3. The van der Waals surface area contributed by atoms with Crippen LogP contribution in [0.25, 0.3) is 0 Å². The molecule has 0 aliphatic carbocycles. The molecule has 0 heterocycles. The van der Waals surface area contributed by atoms with Crippen molar-refractivity contribution in [3.63, 3.8) is 0 Å². The zero-order valence-corrected chi connectivity index (χ0v) is 13.4. The number of nitrogens with zero attached hydrogens (tertiary/aromatic N) is 1. The predicted molar refractivity (Wildman–Crippen MR) is 84.9 cm³/mol. The summed E-state index contributed by atoms with van der Waals surface area (Å²) in [6.45, 7) is 6.47. The van der Waals surface area contributed by atoms with E-state index >= 15 is 0 Å². The average molecular weight is 293 g/mol. The van der Waals surface area contributed by atoms with E-state index in [4.69, 9.17) is 9.47 Å². The molecule has 0 spiro atoms. The van der Waals surface area contributed by atoms with Crippen molar-refractivity contribution < 1.29 is 14.3 Å². The van der Waals surface area contributed by atoms with Crippen molar-refractivity contribution in [2.45, 2.75) is 39.5 Å². The Morgan fingerprint density at radius 3 is 2.14 bits per heavy atom. The zero-order chi connectivity index (χ0) is 15.5. The fraction of sp³-hybridized carbons (Fsp3) is 0.588. The Balaban J connectivity index is 2.26. The number of carbonyl (C=O) groups excluding carboxylic acids is 1. The maximum atomic E-state index is 12.1. The molecule has 0 saturated carbocycles. The highest BCUT2D eigenvalue weighted by Crippen LogP contribution is 2.17. The minimum Gasteiger partial charge on any atom is -0.497 e. The van der Waals surface area contributed by atoms with Gasteiger partial charge in [-0.3, -0.25) is 4.79 Å². The van der Waals surface area contributed by atoms with Crippen LogP contribution in [0.4, 0.5) is 0 Å². The fourth-order valence-electron chi connectivity index (χ4n) is 2.14. The molecule has 1 aromatic carbocycles. The molecule has 0 fully saturated rings. The number of methoxy groups -OCH3 is 1. The number of rotatable bonds is 10. The molecule has 1 amide bonds. The van der Waals surface area contributed by atoms with Gasteiger partial charge in [-0.25, -0.2) is 0 Å². The third-order valence-corrected chi connectivity index (χ3v) is 3.20. The summed E-state index contributed by atoms with van der Waals surface area (Å²) in [7, 11) is 1.64. The highest BCUT2D eigenvalue weighted by molar-refractivity contribution is 5.76. The Labute approximate surface area is 128 Å². The van der Waals surface area contributed by atoms with Gasteiger partial charge in [0.05, 0.1) is 13.7 Å². The lowest BCUT2D eigenvalue weighted by Gasteiger charge is -2.21. The summed E-state index contributed by atoms with van der Waals surface area (Å²) in [5.74, 6) is 1.85. The van der Waals surface area contributed by atoms with E-state index in [9.17, 15) is 4.79 Å². The summed E-state index contributed by atoms with van der Waals surface area (Å²) in [6.07, 6.45) is 3.31. The smallest absolute Gasteiger partial charge is 0.222 e. The Kier molecular flexibility index (Phi) is 8.32. The molecule has 0 bridgehead atoms. The second-order valence-corrected chi connectivity index (χ2v) is 5.01. The molecule has 0 aromatic heterocycles. The van der Waals surface area contributed by atoms with Crippen molar-refractivity contribution >= 4 is 5.91 Å². The van der Waals surface area contributed by atoms with Gasteiger partial charge in [-0.1, -0.05) is 13.8 Å². The zero-order valence-electron chi connectivity index (χ0n) is 13.4. The molecule has 4 heteroatoms. The third-order valence-electron chi connectivity index (χ3n) is 3.20. The second-order valence-electron chi connectivity index (χ2n) is 5.01. The lowest BCUT2D eigenvalue weighted by Crippen LogP contribution is -2.32. The molecular weight excluding hydrogens is 266 g/mol. The number of benzene rings is 1. The molecule has 0 saturated heterocycles. The van der Waals surface area contributed by atoms with Crippen LogP contribution in [0.3, 0.4) is 0 Å². The normalized spacial score (nSPS) is 10.2. The monoisotopic (exact) mass is 293 g/mol. The van der Waals surface area contributed by atoms with Gasteiger partial charge in [0.2, 0.25) is 5.91 Å². The summed E-state index contributed by atoms with van der Waals surface area (Å²) in [5.41, 5.74) is 0. The number of carbonyl (C=O) groups is 1. The summed E-state index contributed by atoms with van der Waals surface area (Å²) >= 11 is 0. The van der Waals surface area contributed by atoms with Gasteiger partial charge in [-0.2, -0.15) is 0 Å². The molecule has 1 aromatic rings. The van der Waals surface area contributed by atoms with Gasteiger partial charge < -0.3 is 14.4 Å². The molecule has 1 rings (SSSR count). The quantitative estimate of drug-likeness (QED) is 0.620. The van der Waals surface area contributed by atoms with Gasteiger partial charge in [0.1, 0.15) is 11.5 Å². The van der Waals surface area contributed by atoms with Crippen LogP contribution < -0.4 is 9.47 Å². The molecule has 0 unspecified atom stereocenters. The molecule has 0 atom stereocenters. The van der Waals surface area contributed by atoms with E-state index in [1.54, 1.807) is 7.11 Å². The summed E-state index contributed by atoms with van der Waals surface area (Å²) < 4.78 is 10.7. The van der Waals surface area contributed by atoms with Crippen LogP contribution in [0.5, 0.6) is 11.5 Å². The van der Waals surface area contributed by atoms with Crippen LogP contribution in [0.15, 0.2) is 24.3 Å². The second kappa shape index (κ2) is 10.1. The maximum Gasteiger partial charge on any atom is 0.222 e. The van der Waals surface area contributed by atoms with Crippen molar-refractivity contribution in [1.82, 2.24) is 4.90 Å². The van der Waals surface area contributed by atoms with Crippen LogP contribution in [-0.2, 0) is 4.79 Å². The summed E-state index contributed by atoms with van der Waals surface area (Å²) in [5, 5.41) is 0. The third kappa shape index (κ3) is 6.52. The van der Waals surface area contributed by atoms with Crippen molar-refractivity contribution in [2.24, 2.45) is 0 Å². The summed E-state index contributed by atoms with van der Waals surface area (Å²) in [6, 6.07) is 7.48. The van der Waals surface area contributed by atoms with Gasteiger partial charge in [-0.15, -0.1) is 0 Å². The first-order chi connectivity index (χ1) is 10.2. The first-order valence-electron chi connectivity index (χ1n) is 7.75. The molecule has 118 valence electrons. The van der Waals surface area contributed by atoms with E-state index in [0.29, 0.717) is 13.0 Å². The van der Waals surface area contributed by atoms with E-state index in [1.807, 2.05) is 29.2 Å². The van der Waals surface area contributed by atoms with E-state index in [-0.39, 0.29) is 5.91 Å². The minimum atomic E-state index is 0.233. The largest absolute Gasteiger partial charge is 0.497 e. The maximum absolute atomic E-state index is 12.1. The van der Waals surface area contributed by atoms with Crippen LogP contribution >= 0.6 is 0 Å². The summed E-state index contributed by atoms with van der Waals surface area (Å²) in [4.78, 5) is 14.0. The predicted octanol–water partition coefficient (Wildman–Crippen LogP) is 3.50. The van der Waals surface area contributed by atoms with Gasteiger partial charge in [0, 0.05) is 19.5 Å². The molecule has 0 aliphatic heterocycles. The van der Waals surface area contributed by atoms with Crippen LogP contribution in [0, 0.1) is 0 Å². The number of hydrogen-bond donors (Lipinski definition) is 0. The van der Waals surface area contributed by atoms with Crippen LogP contribution in [0.2, 0.25) is 0 Å². The van der Waals surface area contributed by atoms with E-state index in [2.05, 4.69) is 13.8 Å². The first kappa shape index (κ1) is 17.3. The highest BCUT2D eigenvalue weighted by Gasteiger charge is 2.10. The van der Waals surface area contributed by atoms with E-state index < -0.39 is 0 Å². The van der Waals surface area contributed by atoms with Gasteiger partial charge in [0.25, 0.3) is 0 Å².